The SMILES string of the molecule is N#Cc1ccccc1C(O)c1ccccc1. The van der Waals surface area contributed by atoms with Gasteiger partial charge in [0.2, 0.25) is 0 Å². The summed E-state index contributed by atoms with van der Waals surface area (Å²) in [6, 6.07) is 18.5. The van der Waals surface area contributed by atoms with Gasteiger partial charge in [-0.25, -0.2) is 0 Å². The van der Waals surface area contributed by atoms with Gasteiger partial charge < -0.3 is 5.11 Å². The molecule has 16 heavy (non-hydrogen) atoms. The first-order valence-electron chi connectivity index (χ1n) is 5.05. The first-order valence-corrected chi connectivity index (χ1v) is 5.05. The minimum Gasteiger partial charge on any atom is -0.384 e. The average molecular weight is 209 g/mol. The molecule has 2 aromatic rings. The van der Waals surface area contributed by atoms with E-state index in [4.69, 9.17) is 5.26 Å². The monoisotopic (exact) mass is 209 g/mol. The molecular weight excluding hydrogens is 198 g/mol. The van der Waals surface area contributed by atoms with Gasteiger partial charge in [-0.3, -0.25) is 0 Å². The molecule has 0 saturated heterocycles. The van der Waals surface area contributed by atoms with Gasteiger partial charge in [-0.15, -0.1) is 0 Å². The van der Waals surface area contributed by atoms with Crippen LogP contribution in [0, 0.1) is 11.3 Å². The largest absolute Gasteiger partial charge is 0.384 e. The number of aliphatic hydroxyl groups is 1. The van der Waals surface area contributed by atoms with Crippen molar-refractivity contribution in [3.05, 3.63) is 71.3 Å². The van der Waals surface area contributed by atoms with E-state index in [1.165, 1.54) is 0 Å². The summed E-state index contributed by atoms with van der Waals surface area (Å²) in [7, 11) is 0. The van der Waals surface area contributed by atoms with Crippen molar-refractivity contribution in [1.82, 2.24) is 0 Å². The second-order valence-corrected chi connectivity index (χ2v) is 3.51. The third-order valence-corrected chi connectivity index (χ3v) is 2.49. The maximum atomic E-state index is 10.2. The summed E-state index contributed by atoms with van der Waals surface area (Å²) >= 11 is 0. The standard InChI is InChI=1S/C14H11NO/c15-10-12-8-4-5-9-13(12)14(16)11-6-2-1-3-7-11/h1-9,14,16H. The molecule has 0 amide bonds. The molecule has 0 bridgehead atoms. The highest BCUT2D eigenvalue weighted by atomic mass is 16.3. The minimum atomic E-state index is -0.739. The molecule has 2 rings (SSSR count). The van der Waals surface area contributed by atoms with Gasteiger partial charge in [-0.05, 0) is 11.6 Å². The zero-order valence-electron chi connectivity index (χ0n) is 8.67. The Hall–Kier alpha value is -2.11. The van der Waals surface area contributed by atoms with Crippen molar-refractivity contribution in [2.75, 3.05) is 0 Å². The van der Waals surface area contributed by atoms with Crippen LogP contribution in [-0.2, 0) is 0 Å². The number of benzene rings is 2. The van der Waals surface area contributed by atoms with Crippen molar-refractivity contribution >= 4 is 0 Å². The zero-order chi connectivity index (χ0) is 11.4. The lowest BCUT2D eigenvalue weighted by Crippen LogP contribution is -2.01. The Morgan fingerprint density at radius 2 is 1.56 bits per heavy atom. The minimum absolute atomic E-state index is 0.513. The zero-order valence-corrected chi connectivity index (χ0v) is 8.67. The van der Waals surface area contributed by atoms with E-state index in [1.807, 2.05) is 36.4 Å². The topological polar surface area (TPSA) is 44.0 Å². The molecule has 1 atom stereocenters. The summed E-state index contributed by atoms with van der Waals surface area (Å²) in [6.07, 6.45) is -0.739. The first-order chi connectivity index (χ1) is 7.83. The second-order valence-electron chi connectivity index (χ2n) is 3.51. The lowest BCUT2D eigenvalue weighted by Gasteiger charge is -2.12. The van der Waals surface area contributed by atoms with Gasteiger partial charge in [0.15, 0.2) is 0 Å². The Kier molecular flexibility index (Phi) is 3.00. The molecule has 0 heterocycles. The van der Waals surface area contributed by atoms with Crippen molar-refractivity contribution in [3.63, 3.8) is 0 Å². The number of hydrogen-bond donors (Lipinski definition) is 1. The van der Waals surface area contributed by atoms with Gasteiger partial charge in [0.05, 0.1) is 11.6 Å². The maximum Gasteiger partial charge on any atom is 0.105 e. The van der Waals surface area contributed by atoms with Crippen molar-refractivity contribution in [1.29, 1.82) is 5.26 Å². The smallest absolute Gasteiger partial charge is 0.105 e. The summed E-state index contributed by atoms with van der Waals surface area (Å²) < 4.78 is 0. The maximum absolute atomic E-state index is 10.2. The molecule has 2 aromatic carbocycles. The summed E-state index contributed by atoms with van der Waals surface area (Å²) in [4.78, 5) is 0. The van der Waals surface area contributed by atoms with Crippen LogP contribution in [0.3, 0.4) is 0 Å². The van der Waals surface area contributed by atoms with E-state index in [9.17, 15) is 5.11 Å². The molecule has 0 aliphatic carbocycles. The number of rotatable bonds is 2. The quantitative estimate of drug-likeness (QED) is 0.826. The number of hydrogen-bond acceptors (Lipinski definition) is 2. The van der Waals surface area contributed by atoms with Crippen LogP contribution in [0.1, 0.15) is 22.8 Å². The van der Waals surface area contributed by atoms with Gasteiger partial charge in [-0.1, -0.05) is 48.5 Å². The van der Waals surface area contributed by atoms with Crippen molar-refractivity contribution in [2.45, 2.75) is 6.10 Å². The normalized spacial score (nSPS) is 11.8. The van der Waals surface area contributed by atoms with Crippen LogP contribution < -0.4 is 0 Å². The van der Waals surface area contributed by atoms with Gasteiger partial charge in [-0.2, -0.15) is 5.26 Å². The van der Waals surface area contributed by atoms with E-state index in [0.29, 0.717) is 11.1 Å². The highest BCUT2D eigenvalue weighted by Crippen LogP contribution is 2.24. The molecule has 0 radical (unpaired) electrons. The second kappa shape index (κ2) is 4.61. The average Bonchev–Trinajstić information content (AvgIpc) is 2.39. The lowest BCUT2D eigenvalue weighted by molar-refractivity contribution is 0.220. The first kappa shape index (κ1) is 10.4. The third kappa shape index (κ3) is 1.95. The fourth-order valence-corrected chi connectivity index (χ4v) is 1.65. The molecule has 0 aromatic heterocycles. The Balaban J connectivity index is 2.42. The van der Waals surface area contributed by atoms with E-state index in [-0.39, 0.29) is 0 Å². The van der Waals surface area contributed by atoms with Crippen LogP contribution in [-0.4, -0.2) is 5.11 Å². The molecule has 0 aliphatic rings. The summed E-state index contributed by atoms with van der Waals surface area (Å²) in [5.74, 6) is 0. The highest BCUT2D eigenvalue weighted by molar-refractivity contribution is 5.42. The number of nitriles is 1. The van der Waals surface area contributed by atoms with Gasteiger partial charge in [0.1, 0.15) is 6.10 Å². The predicted octanol–water partition coefficient (Wildman–Crippen LogP) is 2.64. The van der Waals surface area contributed by atoms with Gasteiger partial charge >= 0.3 is 0 Å². The predicted molar refractivity (Wildman–Crippen MR) is 61.7 cm³/mol. The molecule has 0 fully saturated rings. The Bertz CT molecular complexity index is 514. The van der Waals surface area contributed by atoms with E-state index < -0.39 is 6.10 Å². The van der Waals surface area contributed by atoms with Crippen molar-refractivity contribution in [3.8, 4) is 6.07 Å². The van der Waals surface area contributed by atoms with E-state index in [0.717, 1.165) is 5.56 Å². The van der Waals surface area contributed by atoms with Crippen molar-refractivity contribution in [2.24, 2.45) is 0 Å². The number of nitrogens with zero attached hydrogens (tertiary/aromatic N) is 1. The van der Waals surface area contributed by atoms with E-state index >= 15 is 0 Å². The molecule has 2 heteroatoms. The van der Waals surface area contributed by atoms with Gasteiger partial charge in [0.25, 0.3) is 0 Å². The molecule has 0 saturated carbocycles. The molecule has 1 unspecified atom stereocenters. The molecule has 0 spiro atoms. The molecular formula is C14H11NO. The molecule has 2 nitrogen and oxygen atoms in total. The fourth-order valence-electron chi connectivity index (χ4n) is 1.65. The Morgan fingerprint density at radius 3 is 2.25 bits per heavy atom. The number of aliphatic hydroxyl groups excluding tert-OH is 1. The van der Waals surface area contributed by atoms with Crippen LogP contribution in [0.5, 0.6) is 0 Å². The Morgan fingerprint density at radius 1 is 0.938 bits per heavy atom. The Labute approximate surface area is 94.4 Å². The highest BCUT2D eigenvalue weighted by Gasteiger charge is 2.13. The molecule has 1 N–H and O–H groups in total. The molecule has 78 valence electrons. The summed E-state index contributed by atoms with van der Waals surface area (Å²) in [5.41, 5.74) is 1.96. The van der Waals surface area contributed by atoms with Crippen LogP contribution in [0.25, 0.3) is 0 Å². The van der Waals surface area contributed by atoms with Crippen LogP contribution in [0.2, 0.25) is 0 Å². The van der Waals surface area contributed by atoms with Crippen LogP contribution >= 0.6 is 0 Å². The van der Waals surface area contributed by atoms with Gasteiger partial charge in [0, 0.05) is 5.56 Å². The van der Waals surface area contributed by atoms with E-state index in [1.54, 1.807) is 18.2 Å². The lowest BCUT2D eigenvalue weighted by atomic mass is 9.97. The van der Waals surface area contributed by atoms with Crippen LogP contribution in [0.15, 0.2) is 54.6 Å². The summed E-state index contributed by atoms with van der Waals surface area (Å²) in [5, 5.41) is 19.1. The van der Waals surface area contributed by atoms with E-state index in [2.05, 4.69) is 6.07 Å². The fraction of sp³-hybridized carbons (Fsp3) is 0.0714. The molecule has 0 aliphatic heterocycles. The third-order valence-electron chi connectivity index (χ3n) is 2.49. The summed E-state index contributed by atoms with van der Waals surface area (Å²) in [6.45, 7) is 0. The van der Waals surface area contributed by atoms with Crippen LogP contribution in [0.4, 0.5) is 0 Å². The van der Waals surface area contributed by atoms with Crippen molar-refractivity contribution < 1.29 is 5.11 Å².